The molecule has 0 saturated heterocycles. The molecule has 7 nitrogen and oxygen atoms in total. The second-order valence-corrected chi connectivity index (χ2v) is 9.44. The van der Waals surface area contributed by atoms with Crippen molar-refractivity contribution in [2.45, 2.75) is 68.9 Å². The van der Waals surface area contributed by atoms with Crippen molar-refractivity contribution < 1.29 is 14.4 Å². The van der Waals surface area contributed by atoms with Crippen molar-refractivity contribution in [2.24, 2.45) is 22.0 Å². The summed E-state index contributed by atoms with van der Waals surface area (Å²) in [7, 11) is 1.78. The van der Waals surface area contributed by atoms with E-state index in [1.807, 2.05) is 0 Å². The zero-order valence-corrected chi connectivity index (χ0v) is 17.7. The maximum absolute atomic E-state index is 14.0. The van der Waals surface area contributed by atoms with E-state index >= 15 is 0 Å². The molecule has 4 aliphatic rings. The third kappa shape index (κ3) is 2.82. The van der Waals surface area contributed by atoms with E-state index in [2.05, 4.69) is 18.2 Å². The van der Waals surface area contributed by atoms with Gasteiger partial charge in [0.1, 0.15) is 0 Å². The molecule has 0 aromatic heterocycles. The molecule has 0 radical (unpaired) electrons. The zero-order valence-electron chi connectivity index (χ0n) is 17.7. The highest BCUT2D eigenvalue weighted by molar-refractivity contribution is 6.08. The second-order valence-electron chi connectivity index (χ2n) is 9.44. The van der Waals surface area contributed by atoms with Gasteiger partial charge in [-0.15, -0.1) is 0 Å². The molecule has 7 heteroatoms. The first-order valence-electron chi connectivity index (χ1n) is 11.2. The average Bonchev–Trinajstić information content (AvgIpc) is 3.53. The van der Waals surface area contributed by atoms with Gasteiger partial charge in [0, 0.05) is 19.1 Å². The van der Waals surface area contributed by atoms with Crippen LogP contribution in [0.15, 0.2) is 23.2 Å². The van der Waals surface area contributed by atoms with Gasteiger partial charge in [-0.1, -0.05) is 18.2 Å². The van der Waals surface area contributed by atoms with E-state index in [-0.39, 0.29) is 17.4 Å². The Morgan fingerprint density at radius 1 is 1.23 bits per heavy atom. The minimum absolute atomic E-state index is 0.0274. The van der Waals surface area contributed by atoms with Crippen molar-refractivity contribution in [3.05, 3.63) is 34.9 Å². The predicted octanol–water partition coefficient (Wildman–Crippen LogP) is 2.33. The van der Waals surface area contributed by atoms with Crippen molar-refractivity contribution in [1.29, 1.82) is 0 Å². The van der Waals surface area contributed by atoms with Crippen LogP contribution in [0, 0.1) is 5.41 Å². The van der Waals surface area contributed by atoms with Gasteiger partial charge in [-0.25, -0.2) is 10.9 Å². The van der Waals surface area contributed by atoms with Crippen LogP contribution in [0.2, 0.25) is 0 Å². The lowest BCUT2D eigenvalue weighted by molar-refractivity contribution is -0.138. The van der Waals surface area contributed by atoms with Crippen molar-refractivity contribution >= 4 is 11.9 Å². The minimum atomic E-state index is -0.903. The molecule has 1 aromatic rings. The average molecular weight is 413 g/mol. The summed E-state index contributed by atoms with van der Waals surface area (Å²) in [5.41, 5.74) is 8.93. The third-order valence-corrected chi connectivity index (χ3v) is 7.85. The standard InChI is InChI=1S/C23H32N4O3/c1-29-18-7-9-22(10-8-18)14-17-6-5-16(15-3-4-15)13-19(17)23(22)20(28)27(21(24)26-23)11-2-12-30-25/h5-6,13,15,18H,2-4,7-12,14,25H2,1H3,(H2,24,26). The lowest BCUT2D eigenvalue weighted by atomic mass is 9.61. The SMILES string of the molecule is COC1CCC2(CC1)Cc1ccc(C3CC3)cc1C21N=C(N)N(CCCON)C1=O. The van der Waals surface area contributed by atoms with E-state index in [0.717, 1.165) is 37.7 Å². The Hall–Kier alpha value is -1.96. The topological polar surface area (TPSA) is 103 Å². The van der Waals surface area contributed by atoms with Crippen LogP contribution in [0.3, 0.4) is 0 Å². The van der Waals surface area contributed by atoms with Crippen LogP contribution in [-0.4, -0.2) is 43.1 Å². The summed E-state index contributed by atoms with van der Waals surface area (Å²) < 4.78 is 5.63. The van der Waals surface area contributed by atoms with Crippen LogP contribution in [0.5, 0.6) is 0 Å². The maximum atomic E-state index is 14.0. The number of amides is 1. The number of ether oxygens (including phenoxy) is 1. The van der Waals surface area contributed by atoms with Gasteiger partial charge in [-0.05, 0) is 74.0 Å². The summed E-state index contributed by atoms with van der Waals surface area (Å²) in [6, 6.07) is 6.77. The fourth-order valence-electron chi connectivity index (χ4n) is 6.07. The highest BCUT2D eigenvalue weighted by Gasteiger charge is 2.66. The molecule has 1 unspecified atom stereocenters. The molecular formula is C23H32N4O3. The Labute approximate surface area is 177 Å². The van der Waals surface area contributed by atoms with Gasteiger partial charge < -0.3 is 15.3 Å². The smallest absolute Gasteiger partial charge is 0.262 e. The molecule has 2 spiro atoms. The summed E-state index contributed by atoms with van der Waals surface area (Å²) in [5, 5.41) is 0. The molecule has 1 amide bonds. The molecule has 2 saturated carbocycles. The highest BCUT2D eigenvalue weighted by Crippen LogP contribution is 2.62. The number of benzene rings is 1. The monoisotopic (exact) mass is 412 g/mol. The number of nitrogens with two attached hydrogens (primary N) is 2. The number of carbonyl (C=O) groups excluding carboxylic acids is 1. The quantitative estimate of drug-likeness (QED) is 0.551. The van der Waals surface area contributed by atoms with Crippen molar-refractivity contribution in [2.75, 3.05) is 20.3 Å². The van der Waals surface area contributed by atoms with E-state index in [1.54, 1.807) is 12.0 Å². The summed E-state index contributed by atoms with van der Waals surface area (Å²) in [4.78, 5) is 25.4. The number of nitrogens with zero attached hydrogens (tertiary/aromatic N) is 2. The number of aliphatic imine (C=N–C) groups is 1. The normalized spacial score (nSPS) is 32.9. The van der Waals surface area contributed by atoms with Crippen LogP contribution in [0.1, 0.15) is 67.6 Å². The first-order valence-corrected chi connectivity index (χ1v) is 11.2. The molecule has 1 heterocycles. The van der Waals surface area contributed by atoms with Crippen molar-refractivity contribution in [3.8, 4) is 0 Å². The Morgan fingerprint density at radius 2 is 2.00 bits per heavy atom. The first-order chi connectivity index (χ1) is 14.5. The minimum Gasteiger partial charge on any atom is -0.381 e. The Kier molecular flexibility index (Phi) is 4.87. The van der Waals surface area contributed by atoms with Crippen molar-refractivity contribution in [3.63, 3.8) is 0 Å². The molecule has 1 aromatic carbocycles. The van der Waals surface area contributed by atoms with Gasteiger partial charge >= 0.3 is 0 Å². The lowest BCUT2D eigenvalue weighted by Gasteiger charge is -2.45. The highest BCUT2D eigenvalue weighted by atomic mass is 16.6. The largest absolute Gasteiger partial charge is 0.381 e. The Morgan fingerprint density at radius 3 is 2.67 bits per heavy atom. The van der Waals surface area contributed by atoms with E-state index < -0.39 is 5.54 Å². The fraction of sp³-hybridized carbons (Fsp3) is 0.652. The summed E-state index contributed by atoms with van der Waals surface area (Å²) >= 11 is 0. The number of methoxy groups -OCH3 is 1. The van der Waals surface area contributed by atoms with E-state index in [9.17, 15) is 4.79 Å². The summed E-state index contributed by atoms with van der Waals surface area (Å²) in [5.74, 6) is 6.16. The Bertz CT molecular complexity index is 873. The number of hydrogen-bond donors (Lipinski definition) is 2. The van der Waals surface area contributed by atoms with Gasteiger partial charge in [-0.3, -0.25) is 9.69 Å². The number of carbonyl (C=O) groups is 1. The number of fused-ring (bicyclic) bond motifs is 3. The predicted molar refractivity (Wildman–Crippen MR) is 114 cm³/mol. The molecule has 4 N–H and O–H groups in total. The van der Waals surface area contributed by atoms with Gasteiger partial charge in [-0.2, -0.15) is 0 Å². The zero-order chi connectivity index (χ0) is 20.9. The molecule has 5 rings (SSSR count). The van der Waals surface area contributed by atoms with Crippen molar-refractivity contribution in [1.82, 2.24) is 4.90 Å². The van der Waals surface area contributed by atoms with Crippen LogP contribution >= 0.6 is 0 Å². The van der Waals surface area contributed by atoms with Crippen LogP contribution in [0.25, 0.3) is 0 Å². The van der Waals surface area contributed by atoms with Gasteiger partial charge in [0.05, 0.1) is 12.7 Å². The third-order valence-electron chi connectivity index (χ3n) is 7.85. The van der Waals surface area contributed by atoms with E-state index in [1.165, 1.54) is 24.0 Å². The molecular weight excluding hydrogens is 380 g/mol. The first kappa shape index (κ1) is 20.0. The van der Waals surface area contributed by atoms with Gasteiger partial charge in [0.2, 0.25) is 0 Å². The molecule has 1 aliphatic heterocycles. The maximum Gasteiger partial charge on any atom is 0.262 e. The molecule has 1 atom stereocenters. The van der Waals surface area contributed by atoms with Gasteiger partial charge in [0.15, 0.2) is 11.5 Å². The molecule has 30 heavy (non-hydrogen) atoms. The molecule has 3 aliphatic carbocycles. The Balaban J connectivity index is 1.57. The van der Waals surface area contributed by atoms with Gasteiger partial charge in [0.25, 0.3) is 5.91 Å². The summed E-state index contributed by atoms with van der Waals surface area (Å²) in [6.07, 6.45) is 7.97. The van der Waals surface area contributed by atoms with Crippen LogP contribution in [0.4, 0.5) is 0 Å². The molecule has 0 bridgehead atoms. The number of hydrogen-bond acceptors (Lipinski definition) is 6. The number of guanidine groups is 1. The lowest BCUT2D eigenvalue weighted by Crippen LogP contribution is -2.52. The van der Waals surface area contributed by atoms with E-state index in [0.29, 0.717) is 31.4 Å². The fourth-order valence-corrected chi connectivity index (χ4v) is 6.07. The van der Waals surface area contributed by atoms with Crippen LogP contribution < -0.4 is 11.6 Å². The molecule has 162 valence electrons. The summed E-state index contributed by atoms with van der Waals surface area (Å²) in [6.45, 7) is 0.856. The van der Waals surface area contributed by atoms with Crippen LogP contribution in [-0.2, 0) is 26.3 Å². The number of rotatable bonds is 6. The molecule has 2 fully saturated rings. The second kappa shape index (κ2) is 7.32. The van der Waals surface area contributed by atoms with E-state index in [4.69, 9.17) is 26.2 Å².